The fraction of sp³-hybridized carbons (Fsp3) is 0.545. The van der Waals surface area contributed by atoms with Crippen LogP contribution in [0.3, 0.4) is 0 Å². The van der Waals surface area contributed by atoms with Crippen molar-refractivity contribution in [3.8, 4) is 0 Å². The number of hydrogen-bond donors (Lipinski definition) is 2. The molecule has 0 aromatic carbocycles. The van der Waals surface area contributed by atoms with Crippen molar-refractivity contribution in [3.05, 3.63) is 16.5 Å². The van der Waals surface area contributed by atoms with E-state index in [0.29, 0.717) is 16.8 Å². The molecule has 1 rings (SSSR count). The largest absolute Gasteiger partial charge is 0.361 e. The summed E-state index contributed by atoms with van der Waals surface area (Å²) in [5, 5.41) is 6.14. The minimum atomic E-state index is -0.0770. The Morgan fingerprint density at radius 1 is 1.35 bits per heavy atom. The predicted molar refractivity (Wildman–Crippen MR) is 68.3 cm³/mol. The molecule has 5 nitrogen and oxygen atoms in total. The Labute approximate surface area is 106 Å². The zero-order chi connectivity index (χ0) is 13.0. The molecule has 1 heterocycles. The maximum absolute atomic E-state index is 11.5. The first-order chi connectivity index (χ1) is 7.90. The van der Waals surface area contributed by atoms with E-state index in [1.165, 1.54) is 0 Å². The number of rotatable bonds is 4. The van der Waals surface area contributed by atoms with E-state index in [9.17, 15) is 4.79 Å². The average molecular weight is 257 g/mol. The van der Waals surface area contributed by atoms with Crippen LogP contribution < -0.4 is 10.6 Å². The van der Waals surface area contributed by atoms with Gasteiger partial charge in [0.05, 0.1) is 6.54 Å². The molecule has 0 radical (unpaired) electrons. The van der Waals surface area contributed by atoms with Gasteiger partial charge < -0.3 is 10.6 Å². The van der Waals surface area contributed by atoms with Crippen LogP contribution in [0.15, 0.2) is 0 Å². The van der Waals surface area contributed by atoms with Gasteiger partial charge in [-0.25, -0.2) is 9.97 Å². The maximum atomic E-state index is 11.5. The Bertz CT molecular complexity index is 420. The van der Waals surface area contributed by atoms with Gasteiger partial charge in [0.25, 0.3) is 0 Å². The number of hydrogen-bond acceptors (Lipinski definition) is 4. The summed E-state index contributed by atoms with van der Waals surface area (Å²) < 4.78 is 0. The van der Waals surface area contributed by atoms with Gasteiger partial charge in [0.1, 0.15) is 16.8 Å². The number of amides is 1. The van der Waals surface area contributed by atoms with E-state index in [1.54, 1.807) is 6.92 Å². The number of nitrogens with zero attached hydrogens (tertiary/aromatic N) is 2. The molecule has 2 N–H and O–H groups in total. The Morgan fingerprint density at radius 3 is 2.59 bits per heavy atom. The molecule has 1 amide bonds. The van der Waals surface area contributed by atoms with Gasteiger partial charge in [-0.15, -0.1) is 0 Å². The molecule has 94 valence electrons. The molecule has 6 heteroatoms. The molecular weight excluding hydrogens is 240 g/mol. The summed E-state index contributed by atoms with van der Waals surface area (Å²) in [5.74, 6) is 1.10. The lowest BCUT2D eigenvalue weighted by atomic mass is 10.3. The van der Waals surface area contributed by atoms with Gasteiger partial charge in [0.15, 0.2) is 0 Å². The van der Waals surface area contributed by atoms with Crippen molar-refractivity contribution in [2.45, 2.75) is 33.7 Å². The molecule has 0 aliphatic carbocycles. The van der Waals surface area contributed by atoms with Gasteiger partial charge in [-0.2, -0.15) is 0 Å². The van der Waals surface area contributed by atoms with E-state index in [-0.39, 0.29) is 18.5 Å². The average Bonchev–Trinajstić information content (AvgIpc) is 2.20. The maximum Gasteiger partial charge on any atom is 0.239 e. The molecular formula is C11H17ClN4O. The smallest absolute Gasteiger partial charge is 0.239 e. The van der Waals surface area contributed by atoms with Crippen LogP contribution in [0.5, 0.6) is 0 Å². The van der Waals surface area contributed by atoms with Crippen LogP contribution in [0, 0.1) is 13.8 Å². The van der Waals surface area contributed by atoms with E-state index in [4.69, 9.17) is 11.6 Å². The third-order valence-corrected chi connectivity index (χ3v) is 2.43. The molecule has 0 saturated heterocycles. The lowest BCUT2D eigenvalue weighted by Gasteiger charge is -2.11. The summed E-state index contributed by atoms with van der Waals surface area (Å²) in [6, 6.07) is 0.126. The fourth-order valence-corrected chi connectivity index (χ4v) is 1.52. The summed E-state index contributed by atoms with van der Waals surface area (Å²) in [7, 11) is 0. The third kappa shape index (κ3) is 4.19. The van der Waals surface area contributed by atoms with Gasteiger partial charge in [-0.05, 0) is 27.7 Å². The van der Waals surface area contributed by atoms with Crippen molar-refractivity contribution < 1.29 is 4.79 Å². The second kappa shape index (κ2) is 5.82. The van der Waals surface area contributed by atoms with Crippen molar-refractivity contribution in [1.29, 1.82) is 0 Å². The number of carbonyl (C=O) groups is 1. The second-order valence-corrected chi connectivity index (χ2v) is 4.47. The first-order valence-electron chi connectivity index (χ1n) is 5.44. The van der Waals surface area contributed by atoms with Crippen LogP contribution in [0.2, 0.25) is 5.15 Å². The Hall–Kier alpha value is -1.36. The Morgan fingerprint density at radius 2 is 2.00 bits per heavy atom. The Kier molecular flexibility index (Phi) is 4.69. The molecule has 0 fully saturated rings. The Balaban J connectivity index is 2.66. The molecule has 1 aromatic heterocycles. The summed E-state index contributed by atoms with van der Waals surface area (Å²) in [4.78, 5) is 19.7. The molecule has 0 bridgehead atoms. The van der Waals surface area contributed by atoms with Gasteiger partial charge >= 0.3 is 0 Å². The fourth-order valence-electron chi connectivity index (χ4n) is 1.30. The van der Waals surface area contributed by atoms with E-state index in [1.807, 2.05) is 20.8 Å². The summed E-state index contributed by atoms with van der Waals surface area (Å²) in [5.41, 5.74) is 0.745. The van der Waals surface area contributed by atoms with Gasteiger partial charge in [0, 0.05) is 11.6 Å². The highest BCUT2D eigenvalue weighted by Gasteiger charge is 2.09. The van der Waals surface area contributed by atoms with Crippen LogP contribution in [0.4, 0.5) is 5.82 Å². The zero-order valence-corrected chi connectivity index (χ0v) is 11.2. The molecule has 17 heavy (non-hydrogen) atoms. The van der Waals surface area contributed by atoms with Crippen molar-refractivity contribution >= 4 is 23.3 Å². The van der Waals surface area contributed by atoms with Crippen LogP contribution in [-0.4, -0.2) is 28.5 Å². The molecule has 0 saturated carbocycles. The highest BCUT2D eigenvalue weighted by Crippen LogP contribution is 2.19. The molecule has 0 aliphatic heterocycles. The van der Waals surface area contributed by atoms with Crippen LogP contribution in [0.1, 0.15) is 25.2 Å². The summed E-state index contributed by atoms with van der Waals surface area (Å²) >= 11 is 5.93. The SMILES string of the molecule is Cc1nc(Cl)c(C)c(NCC(=O)NC(C)C)n1. The lowest BCUT2D eigenvalue weighted by Crippen LogP contribution is -2.35. The number of halogens is 1. The predicted octanol–water partition coefficient (Wildman–Crippen LogP) is 1.68. The van der Waals surface area contributed by atoms with E-state index in [0.717, 1.165) is 5.56 Å². The number of aryl methyl sites for hydroxylation is 1. The van der Waals surface area contributed by atoms with Crippen molar-refractivity contribution in [2.75, 3.05) is 11.9 Å². The van der Waals surface area contributed by atoms with Gasteiger partial charge in [-0.1, -0.05) is 11.6 Å². The normalized spacial score (nSPS) is 10.5. The first-order valence-corrected chi connectivity index (χ1v) is 5.82. The van der Waals surface area contributed by atoms with Crippen molar-refractivity contribution in [2.24, 2.45) is 0 Å². The monoisotopic (exact) mass is 256 g/mol. The molecule has 0 atom stereocenters. The topological polar surface area (TPSA) is 66.9 Å². The standard InChI is InChI=1S/C11H17ClN4O/c1-6(2)14-9(17)5-13-11-7(3)10(12)15-8(4)16-11/h6H,5H2,1-4H3,(H,14,17)(H,13,15,16). The van der Waals surface area contributed by atoms with Crippen molar-refractivity contribution in [1.82, 2.24) is 15.3 Å². The molecule has 0 unspecified atom stereocenters. The summed E-state index contributed by atoms with van der Waals surface area (Å²) in [6.07, 6.45) is 0. The van der Waals surface area contributed by atoms with E-state index in [2.05, 4.69) is 20.6 Å². The zero-order valence-electron chi connectivity index (χ0n) is 10.5. The second-order valence-electron chi connectivity index (χ2n) is 4.11. The third-order valence-electron chi connectivity index (χ3n) is 2.06. The number of nitrogens with one attached hydrogen (secondary N) is 2. The number of carbonyl (C=O) groups excluding carboxylic acids is 1. The number of anilines is 1. The van der Waals surface area contributed by atoms with E-state index < -0.39 is 0 Å². The minimum absolute atomic E-state index is 0.0770. The highest BCUT2D eigenvalue weighted by atomic mass is 35.5. The van der Waals surface area contributed by atoms with Gasteiger partial charge in [-0.3, -0.25) is 4.79 Å². The lowest BCUT2D eigenvalue weighted by molar-refractivity contribution is -0.119. The molecule has 0 aliphatic rings. The van der Waals surface area contributed by atoms with Crippen LogP contribution in [-0.2, 0) is 4.79 Å². The molecule has 0 spiro atoms. The van der Waals surface area contributed by atoms with Crippen LogP contribution in [0.25, 0.3) is 0 Å². The van der Waals surface area contributed by atoms with Gasteiger partial charge in [0.2, 0.25) is 5.91 Å². The quantitative estimate of drug-likeness (QED) is 0.805. The minimum Gasteiger partial charge on any atom is -0.361 e. The number of aromatic nitrogens is 2. The molecule has 1 aromatic rings. The van der Waals surface area contributed by atoms with Crippen LogP contribution >= 0.6 is 11.6 Å². The first kappa shape index (κ1) is 13.7. The van der Waals surface area contributed by atoms with Crippen molar-refractivity contribution in [3.63, 3.8) is 0 Å². The van der Waals surface area contributed by atoms with E-state index >= 15 is 0 Å². The summed E-state index contributed by atoms with van der Waals surface area (Å²) in [6.45, 7) is 7.56. The highest BCUT2D eigenvalue weighted by molar-refractivity contribution is 6.30.